The van der Waals surface area contributed by atoms with E-state index in [4.69, 9.17) is 9.47 Å². The van der Waals surface area contributed by atoms with Crippen LogP contribution in [-0.2, 0) is 20.9 Å². The third-order valence-corrected chi connectivity index (χ3v) is 3.81. The molecule has 0 heterocycles. The molecule has 1 aromatic carbocycles. The molecule has 0 fully saturated rings. The Morgan fingerprint density at radius 3 is 2.54 bits per heavy atom. The Labute approximate surface area is 155 Å². The van der Waals surface area contributed by atoms with Gasteiger partial charge in [-0.25, -0.2) is 9.59 Å². The van der Waals surface area contributed by atoms with Crippen LogP contribution in [0.1, 0.15) is 39.2 Å². The quantitative estimate of drug-likeness (QED) is 0.777. The molecule has 1 N–H and O–H groups in total. The van der Waals surface area contributed by atoms with Gasteiger partial charge in [0.1, 0.15) is 18.2 Å². The van der Waals surface area contributed by atoms with Crippen molar-refractivity contribution in [2.75, 3.05) is 0 Å². The van der Waals surface area contributed by atoms with E-state index in [1.165, 1.54) is 0 Å². The zero-order chi connectivity index (χ0) is 19.0. The number of hydrogen-bond acceptors (Lipinski definition) is 4. The maximum atomic E-state index is 12.6. The molecule has 140 valence electrons. The fourth-order valence-electron chi connectivity index (χ4n) is 2.60. The number of rotatable bonds is 6. The van der Waals surface area contributed by atoms with Crippen LogP contribution < -0.4 is 5.32 Å². The molecule has 1 aliphatic carbocycles. The molecular formula is C21H27NO4. The Kier molecular flexibility index (Phi) is 7.01. The van der Waals surface area contributed by atoms with Crippen molar-refractivity contribution in [3.8, 4) is 0 Å². The molecule has 1 aromatic rings. The van der Waals surface area contributed by atoms with E-state index in [9.17, 15) is 9.59 Å². The van der Waals surface area contributed by atoms with Crippen molar-refractivity contribution in [2.45, 2.75) is 51.9 Å². The molecule has 1 unspecified atom stereocenters. The summed E-state index contributed by atoms with van der Waals surface area (Å²) in [6.45, 7) is 5.52. The summed E-state index contributed by atoms with van der Waals surface area (Å²) in [6, 6.07) is 8.70. The molecule has 26 heavy (non-hydrogen) atoms. The summed E-state index contributed by atoms with van der Waals surface area (Å²) in [7, 11) is 0. The number of carbonyl (C=O) groups excluding carboxylic acids is 2. The van der Waals surface area contributed by atoms with Crippen molar-refractivity contribution in [1.29, 1.82) is 0 Å². The second-order valence-electron chi connectivity index (χ2n) is 7.34. The molecule has 0 radical (unpaired) electrons. The van der Waals surface area contributed by atoms with Crippen LogP contribution in [0.5, 0.6) is 0 Å². The van der Waals surface area contributed by atoms with Crippen LogP contribution >= 0.6 is 0 Å². The van der Waals surface area contributed by atoms with E-state index in [1.54, 1.807) is 20.8 Å². The average Bonchev–Trinajstić information content (AvgIpc) is 2.59. The molecule has 0 saturated heterocycles. The van der Waals surface area contributed by atoms with Gasteiger partial charge in [0.25, 0.3) is 0 Å². The van der Waals surface area contributed by atoms with E-state index in [0.717, 1.165) is 12.0 Å². The van der Waals surface area contributed by atoms with E-state index in [-0.39, 0.29) is 12.5 Å². The van der Waals surface area contributed by atoms with Crippen molar-refractivity contribution in [2.24, 2.45) is 5.92 Å². The molecule has 0 saturated carbocycles. The summed E-state index contributed by atoms with van der Waals surface area (Å²) in [5.41, 5.74) is 0.271. The maximum absolute atomic E-state index is 12.6. The first kappa shape index (κ1) is 19.8. The van der Waals surface area contributed by atoms with E-state index in [1.807, 2.05) is 54.6 Å². The number of nitrogens with one attached hydrogen (secondary N) is 1. The highest BCUT2D eigenvalue weighted by atomic mass is 16.6. The monoisotopic (exact) mass is 357 g/mol. The van der Waals surface area contributed by atoms with Gasteiger partial charge in [0.2, 0.25) is 0 Å². The van der Waals surface area contributed by atoms with Crippen LogP contribution in [-0.4, -0.2) is 23.7 Å². The number of carbonyl (C=O) groups is 2. The smallest absolute Gasteiger partial charge is 0.408 e. The van der Waals surface area contributed by atoms with Crippen LogP contribution in [0, 0.1) is 5.92 Å². The zero-order valence-corrected chi connectivity index (χ0v) is 15.6. The van der Waals surface area contributed by atoms with Gasteiger partial charge in [-0.15, -0.1) is 0 Å². The van der Waals surface area contributed by atoms with E-state index in [2.05, 4.69) is 5.32 Å². The predicted octanol–water partition coefficient (Wildman–Crippen LogP) is 4.15. The minimum absolute atomic E-state index is 0.171. The molecule has 0 spiro atoms. The third-order valence-electron chi connectivity index (χ3n) is 3.81. The number of esters is 1. The summed E-state index contributed by atoms with van der Waals surface area (Å²) >= 11 is 0. The standard InChI is InChI=1S/C21H27NO4/c1-21(2,3)26-20(24)22-18(14-16-10-6-4-7-11-16)19(23)25-15-17-12-8-5-9-13-17/h4-10,12-13,16,18H,11,14-15H2,1-3H3,(H,22,24)/t16?,18-/m0/s1. The number of allylic oxidation sites excluding steroid dienone is 4. The fourth-order valence-corrected chi connectivity index (χ4v) is 2.60. The lowest BCUT2D eigenvalue weighted by atomic mass is 9.93. The van der Waals surface area contributed by atoms with E-state index < -0.39 is 23.7 Å². The van der Waals surface area contributed by atoms with Gasteiger partial charge >= 0.3 is 12.1 Å². The number of amides is 1. The van der Waals surface area contributed by atoms with Gasteiger partial charge in [0.05, 0.1) is 0 Å². The zero-order valence-electron chi connectivity index (χ0n) is 15.6. The van der Waals surface area contributed by atoms with Crippen molar-refractivity contribution in [1.82, 2.24) is 5.32 Å². The first-order valence-electron chi connectivity index (χ1n) is 8.87. The molecule has 0 aliphatic heterocycles. The highest BCUT2D eigenvalue weighted by Crippen LogP contribution is 2.19. The Morgan fingerprint density at radius 1 is 1.19 bits per heavy atom. The van der Waals surface area contributed by atoms with Gasteiger partial charge in [0, 0.05) is 0 Å². The maximum Gasteiger partial charge on any atom is 0.408 e. The lowest BCUT2D eigenvalue weighted by molar-refractivity contribution is -0.148. The van der Waals surface area contributed by atoms with Crippen molar-refractivity contribution in [3.05, 3.63) is 60.2 Å². The van der Waals surface area contributed by atoms with Crippen LogP contribution in [0.2, 0.25) is 0 Å². The first-order chi connectivity index (χ1) is 12.3. The van der Waals surface area contributed by atoms with Gasteiger partial charge in [-0.1, -0.05) is 54.6 Å². The number of benzene rings is 1. The second-order valence-corrected chi connectivity index (χ2v) is 7.34. The minimum Gasteiger partial charge on any atom is -0.459 e. The summed E-state index contributed by atoms with van der Waals surface area (Å²) in [5.74, 6) is -0.285. The molecule has 0 aromatic heterocycles. The van der Waals surface area contributed by atoms with Gasteiger partial charge in [-0.2, -0.15) is 0 Å². The molecule has 5 nitrogen and oxygen atoms in total. The Balaban J connectivity index is 1.98. The van der Waals surface area contributed by atoms with Crippen molar-refractivity contribution >= 4 is 12.1 Å². The third kappa shape index (κ3) is 7.13. The molecule has 5 heteroatoms. The highest BCUT2D eigenvalue weighted by Gasteiger charge is 2.27. The number of hydrogen-bond donors (Lipinski definition) is 1. The number of ether oxygens (including phenoxy) is 2. The fraction of sp³-hybridized carbons (Fsp3) is 0.429. The topological polar surface area (TPSA) is 64.6 Å². The van der Waals surface area contributed by atoms with Crippen LogP contribution in [0.3, 0.4) is 0 Å². The van der Waals surface area contributed by atoms with Crippen molar-refractivity contribution < 1.29 is 19.1 Å². The largest absolute Gasteiger partial charge is 0.459 e. The predicted molar refractivity (Wildman–Crippen MR) is 100 cm³/mol. The molecule has 2 rings (SSSR count). The highest BCUT2D eigenvalue weighted by molar-refractivity contribution is 5.81. The average molecular weight is 357 g/mol. The Bertz CT molecular complexity index is 658. The lowest BCUT2D eigenvalue weighted by Crippen LogP contribution is -2.45. The summed E-state index contributed by atoms with van der Waals surface area (Å²) in [5, 5.41) is 2.66. The molecule has 1 amide bonds. The van der Waals surface area contributed by atoms with Crippen LogP contribution in [0.15, 0.2) is 54.6 Å². The van der Waals surface area contributed by atoms with Crippen LogP contribution in [0.25, 0.3) is 0 Å². The second kappa shape index (κ2) is 9.22. The Hall–Kier alpha value is -2.56. The normalized spacial score (nSPS) is 17.4. The van der Waals surface area contributed by atoms with Gasteiger partial charge in [-0.3, -0.25) is 0 Å². The number of alkyl carbamates (subject to hydrolysis) is 1. The molecule has 2 atom stereocenters. The first-order valence-corrected chi connectivity index (χ1v) is 8.87. The SMILES string of the molecule is CC(C)(C)OC(=O)N[C@@H](CC1C=CC=CC1)C(=O)OCc1ccccc1. The van der Waals surface area contributed by atoms with Gasteiger partial charge in [-0.05, 0) is 45.1 Å². The van der Waals surface area contributed by atoms with Crippen LogP contribution in [0.4, 0.5) is 4.79 Å². The van der Waals surface area contributed by atoms with E-state index in [0.29, 0.717) is 6.42 Å². The summed E-state index contributed by atoms with van der Waals surface area (Å²) in [6.07, 6.45) is 8.69. The lowest BCUT2D eigenvalue weighted by Gasteiger charge is -2.25. The molecule has 1 aliphatic rings. The Morgan fingerprint density at radius 2 is 1.92 bits per heavy atom. The van der Waals surface area contributed by atoms with Gasteiger partial charge in [0.15, 0.2) is 0 Å². The molecule has 0 bridgehead atoms. The summed E-state index contributed by atoms with van der Waals surface area (Å²) < 4.78 is 10.7. The van der Waals surface area contributed by atoms with E-state index >= 15 is 0 Å². The summed E-state index contributed by atoms with van der Waals surface area (Å²) in [4.78, 5) is 24.7. The minimum atomic E-state index is -0.755. The van der Waals surface area contributed by atoms with Crippen molar-refractivity contribution in [3.63, 3.8) is 0 Å². The van der Waals surface area contributed by atoms with Gasteiger partial charge < -0.3 is 14.8 Å². The molecular weight excluding hydrogens is 330 g/mol.